The first kappa shape index (κ1) is 22.2. The lowest BCUT2D eigenvalue weighted by molar-refractivity contribution is 0.0768. The molecule has 1 fully saturated rings. The number of aromatic nitrogens is 3. The first-order chi connectivity index (χ1) is 16.4. The molecule has 0 aliphatic carbocycles. The maximum Gasteiger partial charge on any atom is 0.323 e. The molecule has 4 aromatic rings. The number of H-pyrrole nitrogens is 2. The van der Waals surface area contributed by atoms with E-state index in [4.69, 9.17) is 0 Å². The predicted octanol–water partition coefficient (Wildman–Crippen LogP) is 2.47. The van der Waals surface area contributed by atoms with E-state index < -0.39 is 15.7 Å². The van der Waals surface area contributed by atoms with Crippen molar-refractivity contribution in [1.82, 2.24) is 19.9 Å². The van der Waals surface area contributed by atoms with Crippen molar-refractivity contribution in [2.45, 2.75) is 11.3 Å². The number of para-hydroxylation sites is 1. The number of hydrogen-bond acceptors (Lipinski definition) is 7. The van der Waals surface area contributed by atoms with E-state index in [2.05, 4.69) is 24.6 Å². The standard InChI is InChI=1S/C22H22N6O4S2/c29-20(27-9-3-10-28(12-11-27)22-23-8-13-33-22)16-4-1-2-5-17(16)26-34(31,32)15-6-7-18-19(14-15)25-21(30)24-18/h1-2,4-8,13-14,26H,3,9-12H2,(H2,24,25,30). The fraction of sp³-hybridized carbons (Fsp3) is 0.227. The number of carbonyl (C=O) groups excluding carboxylic acids is 1. The minimum atomic E-state index is -4.00. The van der Waals surface area contributed by atoms with E-state index in [0.717, 1.165) is 18.1 Å². The van der Waals surface area contributed by atoms with Gasteiger partial charge in [0, 0.05) is 37.8 Å². The first-order valence-corrected chi connectivity index (χ1v) is 13.0. The van der Waals surface area contributed by atoms with E-state index in [9.17, 15) is 18.0 Å². The highest BCUT2D eigenvalue weighted by atomic mass is 32.2. The second kappa shape index (κ2) is 8.95. The zero-order chi connectivity index (χ0) is 23.7. The Morgan fingerprint density at radius 1 is 1.03 bits per heavy atom. The number of benzene rings is 2. The lowest BCUT2D eigenvalue weighted by Crippen LogP contribution is -2.35. The van der Waals surface area contributed by atoms with Crippen LogP contribution in [-0.2, 0) is 10.0 Å². The number of amides is 1. The van der Waals surface area contributed by atoms with Crippen LogP contribution in [0.2, 0.25) is 0 Å². The summed E-state index contributed by atoms with van der Waals surface area (Å²) in [4.78, 5) is 38.3. The highest BCUT2D eigenvalue weighted by Gasteiger charge is 2.25. The van der Waals surface area contributed by atoms with Crippen LogP contribution >= 0.6 is 11.3 Å². The van der Waals surface area contributed by atoms with Crippen LogP contribution in [0.25, 0.3) is 11.0 Å². The van der Waals surface area contributed by atoms with E-state index in [1.807, 2.05) is 5.38 Å². The number of imidazole rings is 1. The van der Waals surface area contributed by atoms with Crippen LogP contribution in [0.1, 0.15) is 16.8 Å². The molecule has 2 aromatic carbocycles. The molecule has 34 heavy (non-hydrogen) atoms. The number of rotatable bonds is 5. The molecule has 10 nitrogen and oxygen atoms in total. The Balaban J connectivity index is 1.37. The van der Waals surface area contributed by atoms with Gasteiger partial charge in [-0.25, -0.2) is 18.2 Å². The van der Waals surface area contributed by atoms with E-state index in [1.54, 1.807) is 46.7 Å². The number of hydrogen-bond donors (Lipinski definition) is 3. The highest BCUT2D eigenvalue weighted by Crippen LogP contribution is 2.24. The van der Waals surface area contributed by atoms with Crippen molar-refractivity contribution in [2.24, 2.45) is 0 Å². The normalized spacial score (nSPS) is 14.8. The molecule has 3 heterocycles. The summed E-state index contributed by atoms with van der Waals surface area (Å²) in [5.41, 5.74) is 0.958. The van der Waals surface area contributed by atoms with Gasteiger partial charge in [0.05, 0.1) is 27.2 Å². The molecule has 5 rings (SSSR count). The van der Waals surface area contributed by atoms with E-state index in [-0.39, 0.29) is 22.1 Å². The lowest BCUT2D eigenvalue weighted by Gasteiger charge is -2.23. The zero-order valence-electron chi connectivity index (χ0n) is 18.0. The Hall–Kier alpha value is -3.64. The SMILES string of the molecule is O=C(c1ccccc1NS(=O)(=O)c1ccc2[nH]c(=O)[nH]c2c1)N1CCCN(c2nccs2)CC1. The number of nitrogens with one attached hydrogen (secondary N) is 3. The van der Waals surface area contributed by atoms with Crippen molar-refractivity contribution < 1.29 is 13.2 Å². The molecule has 3 N–H and O–H groups in total. The molecule has 0 spiro atoms. The second-order valence-corrected chi connectivity index (χ2v) is 10.4. The topological polar surface area (TPSA) is 131 Å². The van der Waals surface area contributed by atoms with Crippen molar-refractivity contribution in [3.8, 4) is 0 Å². The summed E-state index contributed by atoms with van der Waals surface area (Å²) in [6.07, 6.45) is 2.55. The van der Waals surface area contributed by atoms with Crippen LogP contribution in [-0.4, -0.2) is 60.4 Å². The largest absolute Gasteiger partial charge is 0.346 e. The van der Waals surface area contributed by atoms with Gasteiger partial charge in [0.2, 0.25) is 0 Å². The molecule has 0 unspecified atom stereocenters. The van der Waals surface area contributed by atoms with E-state index >= 15 is 0 Å². The number of nitrogens with zero attached hydrogens (tertiary/aromatic N) is 3. The Morgan fingerprint density at radius 3 is 2.68 bits per heavy atom. The van der Waals surface area contributed by atoms with Gasteiger partial charge in [0.25, 0.3) is 15.9 Å². The molecule has 1 amide bonds. The number of aromatic amines is 2. The maximum absolute atomic E-state index is 13.4. The van der Waals surface area contributed by atoms with Gasteiger partial charge >= 0.3 is 5.69 Å². The maximum atomic E-state index is 13.4. The summed E-state index contributed by atoms with van der Waals surface area (Å²) >= 11 is 1.57. The molecule has 0 saturated carbocycles. The molecule has 2 aromatic heterocycles. The van der Waals surface area contributed by atoms with Gasteiger partial charge in [0.15, 0.2) is 5.13 Å². The quantitative estimate of drug-likeness (QED) is 0.387. The molecule has 0 radical (unpaired) electrons. The Bertz CT molecular complexity index is 1490. The first-order valence-electron chi connectivity index (χ1n) is 10.7. The molecule has 12 heteroatoms. The summed E-state index contributed by atoms with van der Waals surface area (Å²) in [5.74, 6) is -0.232. The van der Waals surface area contributed by atoms with Gasteiger partial charge in [-0.3, -0.25) is 9.52 Å². The Morgan fingerprint density at radius 2 is 1.85 bits per heavy atom. The molecule has 0 atom stereocenters. The highest BCUT2D eigenvalue weighted by molar-refractivity contribution is 7.92. The van der Waals surface area contributed by atoms with Gasteiger partial charge in [-0.2, -0.15) is 0 Å². The number of carbonyl (C=O) groups is 1. The summed E-state index contributed by atoms with van der Waals surface area (Å²) in [6, 6.07) is 10.9. The lowest BCUT2D eigenvalue weighted by atomic mass is 10.1. The third kappa shape index (κ3) is 4.41. The smallest absolute Gasteiger partial charge is 0.323 e. The van der Waals surface area contributed by atoms with Gasteiger partial charge in [0.1, 0.15) is 0 Å². The monoisotopic (exact) mass is 498 g/mol. The fourth-order valence-corrected chi connectivity index (χ4v) is 5.80. The summed E-state index contributed by atoms with van der Waals surface area (Å²) < 4.78 is 28.7. The number of fused-ring (bicyclic) bond motifs is 1. The van der Waals surface area contributed by atoms with Crippen LogP contribution in [0.4, 0.5) is 10.8 Å². The van der Waals surface area contributed by atoms with Gasteiger partial charge < -0.3 is 19.8 Å². The average molecular weight is 499 g/mol. The Labute approximate surface area is 199 Å². The average Bonchev–Trinajstić information content (AvgIpc) is 3.41. The van der Waals surface area contributed by atoms with Crippen molar-refractivity contribution in [3.05, 3.63) is 70.1 Å². The number of thiazole rings is 1. The van der Waals surface area contributed by atoms with Crippen LogP contribution < -0.4 is 15.3 Å². The van der Waals surface area contributed by atoms with Crippen molar-refractivity contribution >= 4 is 49.1 Å². The van der Waals surface area contributed by atoms with Gasteiger partial charge in [-0.05, 0) is 36.8 Å². The minimum absolute atomic E-state index is 0.0219. The fourth-order valence-electron chi connectivity index (χ4n) is 4.00. The van der Waals surface area contributed by atoms with Gasteiger partial charge in [-0.1, -0.05) is 12.1 Å². The number of sulfonamides is 1. The van der Waals surface area contributed by atoms with Gasteiger partial charge in [-0.15, -0.1) is 11.3 Å². The summed E-state index contributed by atoms with van der Waals surface area (Å²) in [5, 5.41) is 2.86. The van der Waals surface area contributed by atoms with Crippen molar-refractivity contribution in [1.29, 1.82) is 0 Å². The minimum Gasteiger partial charge on any atom is -0.346 e. The third-order valence-electron chi connectivity index (χ3n) is 5.67. The van der Waals surface area contributed by atoms with Crippen molar-refractivity contribution in [3.63, 3.8) is 0 Å². The molecule has 176 valence electrons. The molecular formula is C22H22N6O4S2. The van der Waals surface area contributed by atoms with Crippen molar-refractivity contribution in [2.75, 3.05) is 35.8 Å². The molecule has 1 saturated heterocycles. The zero-order valence-corrected chi connectivity index (χ0v) is 19.7. The van der Waals surface area contributed by atoms with Crippen LogP contribution in [0.5, 0.6) is 0 Å². The predicted molar refractivity (Wildman–Crippen MR) is 131 cm³/mol. The molecule has 1 aliphatic rings. The van der Waals surface area contributed by atoms with E-state index in [1.165, 1.54) is 18.2 Å². The Kier molecular flexibility index (Phi) is 5.84. The second-order valence-electron chi connectivity index (χ2n) is 7.89. The molecular weight excluding hydrogens is 476 g/mol. The number of anilines is 2. The molecule has 0 bridgehead atoms. The summed E-state index contributed by atoms with van der Waals surface area (Å²) in [7, 11) is -4.00. The summed E-state index contributed by atoms with van der Waals surface area (Å²) in [6.45, 7) is 2.54. The van der Waals surface area contributed by atoms with Crippen LogP contribution in [0.3, 0.4) is 0 Å². The molecule has 1 aliphatic heterocycles. The third-order valence-corrected chi connectivity index (χ3v) is 7.87. The van der Waals surface area contributed by atoms with Crippen LogP contribution in [0.15, 0.2) is 63.7 Å². The van der Waals surface area contributed by atoms with E-state index in [0.29, 0.717) is 30.7 Å². The van der Waals surface area contributed by atoms with Crippen LogP contribution in [0, 0.1) is 0 Å².